The van der Waals surface area contributed by atoms with Gasteiger partial charge in [0.1, 0.15) is 5.75 Å². The quantitative estimate of drug-likeness (QED) is 0.705. The van der Waals surface area contributed by atoms with E-state index in [1.54, 1.807) is 0 Å². The van der Waals surface area contributed by atoms with Gasteiger partial charge in [0.25, 0.3) is 0 Å². The van der Waals surface area contributed by atoms with Gasteiger partial charge in [-0.1, -0.05) is 19.1 Å². The highest BCUT2D eigenvalue weighted by Gasteiger charge is 1.98. The normalized spacial score (nSPS) is 10.2. The molecular formula is C14H20O3. The SMILES string of the molecule is CCc1cccc(OCCCCCC(=O)O)c1. The molecule has 0 heterocycles. The molecule has 1 rings (SSSR count). The lowest BCUT2D eigenvalue weighted by atomic mass is 10.1. The van der Waals surface area contributed by atoms with Crippen molar-refractivity contribution in [1.29, 1.82) is 0 Å². The van der Waals surface area contributed by atoms with Gasteiger partial charge in [-0.15, -0.1) is 0 Å². The van der Waals surface area contributed by atoms with Crippen LogP contribution in [0.5, 0.6) is 5.75 Å². The van der Waals surface area contributed by atoms with E-state index in [0.29, 0.717) is 6.61 Å². The molecule has 0 aliphatic heterocycles. The van der Waals surface area contributed by atoms with E-state index in [0.717, 1.165) is 31.4 Å². The van der Waals surface area contributed by atoms with Gasteiger partial charge in [0.05, 0.1) is 6.61 Å². The van der Waals surface area contributed by atoms with Crippen LogP contribution in [0.25, 0.3) is 0 Å². The van der Waals surface area contributed by atoms with Crippen LogP contribution in [-0.2, 0) is 11.2 Å². The van der Waals surface area contributed by atoms with E-state index >= 15 is 0 Å². The maximum absolute atomic E-state index is 10.3. The molecular weight excluding hydrogens is 216 g/mol. The largest absolute Gasteiger partial charge is 0.494 e. The van der Waals surface area contributed by atoms with Crippen molar-refractivity contribution >= 4 is 5.97 Å². The van der Waals surface area contributed by atoms with Gasteiger partial charge < -0.3 is 9.84 Å². The second-order valence-corrected chi connectivity index (χ2v) is 4.05. The lowest BCUT2D eigenvalue weighted by Crippen LogP contribution is -1.99. The first-order valence-electron chi connectivity index (χ1n) is 6.16. The Labute approximate surface area is 102 Å². The minimum Gasteiger partial charge on any atom is -0.494 e. The highest BCUT2D eigenvalue weighted by Crippen LogP contribution is 2.14. The summed E-state index contributed by atoms with van der Waals surface area (Å²) in [5.74, 6) is 0.184. The van der Waals surface area contributed by atoms with E-state index in [9.17, 15) is 4.79 Å². The average Bonchev–Trinajstić information content (AvgIpc) is 2.33. The van der Waals surface area contributed by atoms with Gasteiger partial charge in [0, 0.05) is 6.42 Å². The van der Waals surface area contributed by atoms with Gasteiger partial charge in [0.2, 0.25) is 0 Å². The number of carboxylic acids is 1. The summed E-state index contributed by atoms with van der Waals surface area (Å²) in [4.78, 5) is 10.3. The van der Waals surface area contributed by atoms with E-state index in [2.05, 4.69) is 19.1 Å². The first-order chi connectivity index (χ1) is 8.22. The molecule has 0 aliphatic carbocycles. The summed E-state index contributed by atoms with van der Waals surface area (Å²) in [6.07, 6.45) is 3.80. The lowest BCUT2D eigenvalue weighted by molar-refractivity contribution is -0.137. The number of carboxylic acid groups (broad SMARTS) is 1. The summed E-state index contributed by atoms with van der Waals surface area (Å²) in [5, 5.41) is 8.47. The third kappa shape index (κ3) is 5.95. The summed E-state index contributed by atoms with van der Waals surface area (Å²) < 4.78 is 5.61. The summed E-state index contributed by atoms with van der Waals surface area (Å²) in [6.45, 7) is 2.78. The molecule has 0 saturated carbocycles. The van der Waals surface area contributed by atoms with Crippen LogP contribution in [0, 0.1) is 0 Å². The fourth-order valence-electron chi connectivity index (χ4n) is 1.60. The average molecular weight is 236 g/mol. The molecule has 1 aromatic rings. The standard InChI is InChI=1S/C14H20O3/c1-2-12-7-6-8-13(11-12)17-10-5-3-4-9-14(15)16/h6-8,11H,2-5,9-10H2,1H3,(H,15,16). The Morgan fingerprint density at radius 3 is 2.82 bits per heavy atom. The minimum absolute atomic E-state index is 0.255. The monoisotopic (exact) mass is 236 g/mol. The summed E-state index contributed by atoms with van der Waals surface area (Å²) in [7, 11) is 0. The first kappa shape index (κ1) is 13.6. The van der Waals surface area contributed by atoms with Crippen molar-refractivity contribution in [3.8, 4) is 5.75 Å². The number of ether oxygens (including phenoxy) is 1. The third-order valence-corrected chi connectivity index (χ3v) is 2.61. The molecule has 0 spiro atoms. The van der Waals surface area contributed by atoms with Crippen molar-refractivity contribution in [3.63, 3.8) is 0 Å². The molecule has 0 aromatic heterocycles. The van der Waals surface area contributed by atoms with Gasteiger partial charge in [-0.2, -0.15) is 0 Å². The van der Waals surface area contributed by atoms with Crippen LogP contribution in [0.1, 0.15) is 38.2 Å². The number of aryl methyl sites for hydroxylation is 1. The Kier molecular flexibility index (Phi) is 6.15. The van der Waals surface area contributed by atoms with Crippen molar-refractivity contribution in [2.24, 2.45) is 0 Å². The molecule has 0 amide bonds. The van der Waals surface area contributed by atoms with Crippen molar-refractivity contribution < 1.29 is 14.6 Å². The molecule has 3 heteroatoms. The molecule has 0 unspecified atom stereocenters. The second kappa shape index (κ2) is 7.71. The number of unbranched alkanes of at least 4 members (excludes halogenated alkanes) is 2. The van der Waals surface area contributed by atoms with Crippen LogP contribution in [0.2, 0.25) is 0 Å². The van der Waals surface area contributed by atoms with Gasteiger partial charge in [0.15, 0.2) is 0 Å². The zero-order valence-corrected chi connectivity index (χ0v) is 10.3. The number of rotatable bonds is 8. The zero-order chi connectivity index (χ0) is 12.5. The van der Waals surface area contributed by atoms with Crippen molar-refractivity contribution in [2.45, 2.75) is 39.0 Å². The maximum Gasteiger partial charge on any atom is 0.303 e. The third-order valence-electron chi connectivity index (χ3n) is 2.61. The molecule has 3 nitrogen and oxygen atoms in total. The highest BCUT2D eigenvalue weighted by atomic mass is 16.5. The van der Waals surface area contributed by atoms with E-state index < -0.39 is 5.97 Å². The molecule has 94 valence electrons. The molecule has 0 fully saturated rings. The lowest BCUT2D eigenvalue weighted by Gasteiger charge is -2.07. The Hall–Kier alpha value is -1.51. The number of carbonyl (C=O) groups is 1. The molecule has 0 bridgehead atoms. The number of hydrogen-bond acceptors (Lipinski definition) is 2. The fourth-order valence-corrected chi connectivity index (χ4v) is 1.60. The van der Waals surface area contributed by atoms with Crippen LogP contribution in [-0.4, -0.2) is 17.7 Å². The van der Waals surface area contributed by atoms with Gasteiger partial charge in [-0.3, -0.25) is 4.79 Å². The van der Waals surface area contributed by atoms with Gasteiger partial charge in [-0.05, 0) is 43.4 Å². The smallest absolute Gasteiger partial charge is 0.303 e. The Balaban J connectivity index is 2.15. The van der Waals surface area contributed by atoms with E-state index in [-0.39, 0.29) is 6.42 Å². The topological polar surface area (TPSA) is 46.5 Å². The molecule has 0 radical (unpaired) electrons. The number of hydrogen-bond donors (Lipinski definition) is 1. The van der Waals surface area contributed by atoms with Crippen molar-refractivity contribution in [3.05, 3.63) is 29.8 Å². The summed E-state index contributed by atoms with van der Waals surface area (Å²) in [6, 6.07) is 8.09. The van der Waals surface area contributed by atoms with Gasteiger partial charge >= 0.3 is 5.97 Å². The van der Waals surface area contributed by atoms with E-state index in [4.69, 9.17) is 9.84 Å². The van der Waals surface area contributed by atoms with Gasteiger partial charge in [-0.25, -0.2) is 0 Å². The molecule has 0 atom stereocenters. The Morgan fingerprint density at radius 2 is 2.12 bits per heavy atom. The summed E-state index contributed by atoms with van der Waals surface area (Å²) >= 11 is 0. The second-order valence-electron chi connectivity index (χ2n) is 4.05. The number of aliphatic carboxylic acids is 1. The maximum atomic E-state index is 10.3. The molecule has 0 aliphatic rings. The molecule has 1 aromatic carbocycles. The zero-order valence-electron chi connectivity index (χ0n) is 10.3. The number of benzene rings is 1. The van der Waals surface area contributed by atoms with E-state index in [1.807, 2.05) is 12.1 Å². The Morgan fingerprint density at radius 1 is 1.29 bits per heavy atom. The van der Waals surface area contributed by atoms with Crippen LogP contribution in [0.15, 0.2) is 24.3 Å². The summed E-state index contributed by atoms with van der Waals surface area (Å²) in [5.41, 5.74) is 1.27. The van der Waals surface area contributed by atoms with Crippen LogP contribution in [0.3, 0.4) is 0 Å². The highest BCUT2D eigenvalue weighted by molar-refractivity contribution is 5.66. The predicted molar refractivity (Wildman–Crippen MR) is 67.4 cm³/mol. The first-order valence-corrected chi connectivity index (χ1v) is 6.16. The molecule has 0 saturated heterocycles. The van der Waals surface area contributed by atoms with E-state index in [1.165, 1.54) is 5.56 Å². The molecule has 1 N–H and O–H groups in total. The van der Waals surface area contributed by atoms with Crippen molar-refractivity contribution in [1.82, 2.24) is 0 Å². The minimum atomic E-state index is -0.721. The van der Waals surface area contributed by atoms with Crippen LogP contribution in [0.4, 0.5) is 0 Å². The predicted octanol–water partition coefficient (Wildman–Crippen LogP) is 3.27. The molecule has 17 heavy (non-hydrogen) atoms. The fraction of sp³-hybridized carbons (Fsp3) is 0.500. The Bertz CT molecular complexity index is 347. The van der Waals surface area contributed by atoms with Crippen LogP contribution < -0.4 is 4.74 Å². The van der Waals surface area contributed by atoms with Crippen LogP contribution >= 0.6 is 0 Å². The van der Waals surface area contributed by atoms with Crippen molar-refractivity contribution in [2.75, 3.05) is 6.61 Å².